The molecule has 0 aliphatic rings. The van der Waals surface area contributed by atoms with Crippen molar-refractivity contribution in [1.29, 1.82) is 0 Å². The van der Waals surface area contributed by atoms with Crippen molar-refractivity contribution < 1.29 is 4.39 Å². The molecule has 3 atom stereocenters. The molecule has 0 bridgehead atoms. The normalized spacial score (nSPS) is 19.4. The Morgan fingerprint density at radius 2 is 1.73 bits per heavy atom. The van der Waals surface area contributed by atoms with Crippen molar-refractivity contribution in [3.63, 3.8) is 0 Å². The minimum Gasteiger partial charge on any atom is -0.248 e. The third-order valence-corrected chi connectivity index (χ3v) is 2.00. The van der Waals surface area contributed by atoms with Gasteiger partial charge in [0.2, 0.25) is 0 Å². The van der Waals surface area contributed by atoms with E-state index in [1.807, 2.05) is 6.92 Å². The molecule has 0 saturated heterocycles. The molecule has 11 heavy (non-hydrogen) atoms. The van der Waals surface area contributed by atoms with Crippen LogP contribution in [-0.4, -0.2) is 11.5 Å². The molecule has 0 radical (unpaired) electrons. The minimum absolute atomic E-state index is 0.229. The molecule has 0 aromatic rings. The molecule has 0 aromatic heterocycles. The van der Waals surface area contributed by atoms with Crippen molar-refractivity contribution in [3.05, 3.63) is 0 Å². The minimum atomic E-state index is -0.671. The van der Waals surface area contributed by atoms with Gasteiger partial charge >= 0.3 is 0 Å². The van der Waals surface area contributed by atoms with Gasteiger partial charge in [-0.1, -0.05) is 6.92 Å². The second-order valence-corrected chi connectivity index (χ2v) is 4.22. The van der Waals surface area contributed by atoms with E-state index in [9.17, 15) is 4.39 Å². The monoisotopic (exact) mass is 180 g/mol. The van der Waals surface area contributed by atoms with Crippen LogP contribution in [0.1, 0.15) is 40.0 Å². The Morgan fingerprint density at radius 1 is 1.18 bits per heavy atom. The Morgan fingerprint density at radius 3 is 2.09 bits per heavy atom. The quantitative estimate of drug-likeness (QED) is 0.565. The van der Waals surface area contributed by atoms with Gasteiger partial charge in [-0.15, -0.1) is 11.6 Å². The van der Waals surface area contributed by atoms with Crippen LogP contribution in [0.15, 0.2) is 0 Å². The Labute approximate surface area is 74.1 Å². The van der Waals surface area contributed by atoms with Crippen molar-refractivity contribution in [2.45, 2.75) is 51.6 Å². The number of hydrogen-bond acceptors (Lipinski definition) is 0. The summed E-state index contributed by atoms with van der Waals surface area (Å²) in [6.45, 7) is 5.67. The average Bonchev–Trinajstić information content (AvgIpc) is 1.82. The summed E-state index contributed by atoms with van der Waals surface area (Å²) in [4.78, 5) is 0. The molecule has 0 spiro atoms. The van der Waals surface area contributed by atoms with Gasteiger partial charge in [0.25, 0.3) is 0 Å². The third-order valence-electron chi connectivity index (χ3n) is 1.78. The van der Waals surface area contributed by atoms with Crippen LogP contribution in [0.3, 0.4) is 0 Å². The van der Waals surface area contributed by atoms with Crippen LogP contribution in [0.5, 0.6) is 0 Å². The van der Waals surface area contributed by atoms with Crippen molar-refractivity contribution in [1.82, 2.24) is 0 Å². The van der Waals surface area contributed by atoms with Gasteiger partial charge in [0.15, 0.2) is 0 Å². The molecular weight excluding hydrogens is 163 g/mol. The van der Waals surface area contributed by atoms with Gasteiger partial charge in [-0.05, 0) is 39.0 Å². The van der Waals surface area contributed by atoms with Crippen molar-refractivity contribution in [2.24, 2.45) is 5.92 Å². The lowest BCUT2D eigenvalue weighted by Gasteiger charge is -2.12. The molecule has 0 heterocycles. The summed E-state index contributed by atoms with van der Waals surface area (Å²) in [7, 11) is 0. The summed E-state index contributed by atoms with van der Waals surface area (Å²) in [6.07, 6.45) is 2.04. The van der Waals surface area contributed by atoms with Crippen LogP contribution in [0, 0.1) is 5.92 Å². The fraction of sp³-hybridized carbons (Fsp3) is 1.00. The summed E-state index contributed by atoms with van der Waals surface area (Å²) in [5.41, 5.74) is 0. The highest BCUT2D eigenvalue weighted by Crippen LogP contribution is 2.17. The summed E-state index contributed by atoms with van der Waals surface area (Å²) in [5.74, 6) is 0.469. The van der Waals surface area contributed by atoms with E-state index >= 15 is 0 Å². The van der Waals surface area contributed by atoms with Crippen molar-refractivity contribution in [2.75, 3.05) is 0 Å². The van der Waals surface area contributed by atoms with Crippen molar-refractivity contribution in [3.8, 4) is 0 Å². The molecule has 0 amide bonds. The first-order valence-corrected chi connectivity index (χ1v) is 4.74. The molecule has 0 aliphatic heterocycles. The van der Waals surface area contributed by atoms with Crippen LogP contribution < -0.4 is 0 Å². The first kappa shape index (κ1) is 11.2. The molecule has 68 valence electrons. The maximum Gasteiger partial charge on any atom is 0.0976 e. The Balaban J connectivity index is 3.29. The van der Waals surface area contributed by atoms with Gasteiger partial charge in [-0.25, -0.2) is 4.39 Å². The van der Waals surface area contributed by atoms with Crippen LogP contribution in [0.2, 0.25) is 0 Å². The molecule has 0 saturated carbocycles. The van der Waals surface area contributed by atoms with E-state index in [4.69, 9.17) is 11.6 Å². The van der Waals surface area contributed by atoms with E-state index in [1.165, 1.54) is 0 Å². The van der Waals surface area contributed by atoms with Gasteiger partial charge in [0.05, 0.1) is 6.17 Å². The predicted octanol–water partition coefficient (Wildman–Crippen LogP) is 3.78. The first-order chi connectivity index (χ1) is 5.02. The van der Waals surface area contributed by atoms with E-state index in [0.29, 0.717) is 12.3 Å². The SMILES string of the molecule is CC(F)CC(C)CCC(C)Cl. The maximum atomic E-state index is 12.4. The molecule has 3 unspecified atom stereocenters. The smallest absolute Gasteiger partial charge is 0.0976 e. The fourth-order valence-corrected chi connectivity index (χ4v) is 1.31. The maximum absolute atomic E-state index is 12.4. The third kappa shape index (κ3) is 8.12. The lowest BCUT2D eigenvalue weighted by molar-refractivity contribution is 0.288. The van der Waals surface area contributed by atoms with Crippen LogP contribution >= 0.6 is 11.6 Å². The number of hydrogen-bond donors (Lipinski definition) is 0. The fourth-order valence-electron chi connectivity index (χ4n) is 1.19. The van der Waals surface area contributed by atoms with Crippen LogP contribution in [-0.2, 0) is 0 Å². The second kappa shape index (κ2) is 5.82. The van der Waals surface area contributed by atoms with Gasteiger partial charge in [0.1, 0.15) is 0 Å². The largest absolute Gasteiger partial charge is 0.248 e. The molecule has 0 aromatic carbocycles. The van der Waals surface area contributed by atoms with Gasteiger partial charge in [-0.3, -0.25) is 0 Å². The van der Waals surface area contributed by atoms with E-state index < -0.39 is 6.17 Å². The summed E-state index contributed by atoms with van der Waals surface area (Å²) >= 11 is 5.76. The number of rotatable bonds is 5. The standard InChI is InChI=1S/C9H18ClF/c1-7(6-9(3)11)4-5-8(2)10/h7-9H,4-6H2,1-3H3. The Kier molecular flexibility index (Phi) is 5.93. The summed E-state index contributed by atoms with van der Waals surface area (Å²) in [5, 5.41) is 0.229. The number of halogens is 2. The first-order valence-electron chi connectivity index (χ1n) is 4.30. The summed E-state index contributed by atoms with van der Waals surface area (Å²) in [6, 6.07) is 0. The highest BCUT2D eigenvalue weighted by molar-refractivity contribution is 6.20. The Hall–Kier alpha value is 0.220. The number of alkyl halides is 2. The zero-order valence-corrected chi connectivity index (χ0v) is 8.37. The molecule has 0 fully saturated rings. The zero-order chi connectivity index (χ0) is 8.85. The van der Waals surface area contributed by atoms with E-state index in [1.54, 1.807) is 6.92 Å². The molecule has 2 heteroatoms. The van der Waals surface area contributed by atoms with Gasteiger partial charge < -0.3 is 0 Å². The second-order valence-electron chi connectivity index (χ2n) is 3.48. The van der Waals surface area contributed by atoms with Gasteiger partial charge in [-0.2, -0.15) is 0 Å². The van der Waals surface area contributed by atoms with E-state index in [0.717, 1.165) is 12.8 Å². The van der Waals surface area contributed by atoms with E-state index in [2.05, 4.69) is 6.92 Å². The molecule has 0 rings (SSSR count). The lowest BCUT2D eigenvalue weighted by Crippen LogP contribution is -2.04. The van der Waals surface area contributed by atoms with Gasteiger partial charge in [0, 0.05) is 5.38 Å². The van der Waals surface area contributed by atoms with E-state index in [-0.39, 0.29) is 5.38 Å². The lowest BCUT2D eigenvalue weighted by atomic mass is 9.99. The zero-order valence-electron chi connectivity index (χ0n) is 7.61. The van der Waals surface area contributed by atoms with Crippen LogP contribution in [0.25, 0.3) is 0 Å². The average molecular weight is 181 g/mol. The molecule has 0 nitrogen and oxygen atoms in total. The predicted molar refractivity (Wildman–Crippen MR) is 48.9 cm³/mol. The summed E-state index contributed by atoms with van der Waals surface area (Å²) < 4.78 is 12.4. The molecule has 0 aliphatic carbocycles. The molecular formula is C9H18ClF. The Bertz CT molecular complexity index is 91.6. The van der Waals surface area contributed by atoms with Crippen LogP contribution in [0.4, 0.5) is 4.39 Å². The van der Waals surface area contributed by atoms with Crippen molar-refractivity contribution >= 4 is 11.6 Å². The topological polar surface area (TPSA) is 0 Å². The highest BCUT2D eigenvalue weighted by Gasteiger charge is 2.08. The highest BCUT2D eigenvalue weighted by atomic mass is 35.5. The molecule has 0 N–H and O–H groups in total.